The zero-order chi connectivity index (χ0) is 14.0. The molecule has 5 heteroatoms. The van der Waals surface area contributed by atoms with E-state index in [1.807, 2.05) is 0 Å². The lowest BCUT2D eigenvalue weighted by Gasteiger charge is -2.33. The van der Waals surface area contributed by atoms with Gasteiger partial charge in [-0.2, -0.15) is 13.2 Å². The van der Waals surface area contributed by atoms with Gasteiger partial charge in [-0.25, -0.2) is 0 Å². The van der Waals surface area contributed by atoms with Gasteiger partial charge in [-0.1, -0.05) is 25.1 Å². The van der Waals surface area contributed by atoms with Crippen LogP contribution in [-0.2, 0) is 10.9 Å². The Bertz CT molecular complexity index is 397. The fourth-order valence-corrected chi connectivity index (χ4v) is 1.77. The molecule has 102 valence electrons. The molecule has 0 amide bonds. The van der Waals surface area contributed by atoms with Crippen LogP contribution in [0.4, 0.5) is 13.2 Å². The Morgan fingerprint density at radius 3 is 2.28 bits per heavy atom. The first-order chi connectivity index (χ1) is 8.26. The second-order valence-electron chi connectivity index (χ2n) is 4.36. The van der Waals surface area contributed by atoms with E-state index in [1.165, 1.54) is 25.3 Å². The van der Waals surface area contributed by atoms with Crippen molar-refractivity contribution < 1.29 is 23.0 Å². The maximum Gasteiger partial charge on any atom is 0.416 e. The molecule has 0 heterocycles. The van der Waals surface area contributed by atoms with Gasteiger partial charge in [-0.15, -0.1) is 0 Å². The van der Waals surface area contributed by atoms with Crippen molar-refractivity contribution in [3.05, 3.63) is 35.4 Å². The molecule has 0 aromatic heterocycles. The number of halogens is 3. The normalized spacial score (nSPS) is 17.3. The lowest BCUT2D eigenvalue weighted by atomic mass is 9.87. The molecule has 1 aromatic rings. The van der Waals surface area contributed by atoms with Crippen LogP contribution in [0, 0.1) is 0 Å². The summed E-state index contributed by atoms with van der Waals surface area (Å²) in [6.45, 7) is 3.34. The first kappa shape index (κ1) is 15.0. The zero-order valence-electron chi connectivity index (χ0n) is 10.6. The summed E-state index contributed by atoms with van der Waals surface area (Å²) in [5, 5.41) is 10.2. The smallest absolute Gasteiger partial charge is 0.385 e. The van der Waals surface area contributed by atoms with Gasteiger partial charge in [0.15, 0.2) is 0 Å². The Kier molecular flexibility index (Phi) is 4.40. The molecule has 0 radical (unpaired) electrons. The van der Waals surface area contributed by atoms with Crippen LogP contribution in [0.5, 0.6) is 0 Å². The quantitative estimate of drug-likeness (QED) is 0.899. The second-order valence-corrected chi connectivity index (χ2v) is 4.36. The number of rotatable bonds is 4. The molecule has 0 saturated heterocycles. The van der Waals surface area contributed by atoms with Gasteiger partial charge in [0.2, 0.25) is 0 Å². The van der Waals surface area contributed by atoms with Crippen molar-refractivity contribution in [2.24, 2.45) is 0 Å². The Balaban J connectivity index is 3.25. The predicted octanol–water partition coefficient (Wildman–Crippen LogP) is 3.55. The maximum absolute atomic E-state index is 12.9. The minimum Gasteiger partial charge on any atom is -0.385 e. The van der Waals surface area contributed by atoms with Gasteiger partial charge in [0.05, 0.1) is 11.2 Å². The van der Waals surface area contributed by atoms with E-state index in [4.69, 9.17) is 4.74 Å². The SMILES string of the molecule is CCC(C)(OC)C(O)c1ccccc1C(F)(F)F. The monoisotopic (exact) mass is 262 g/mol. The average molecular weight is 262 g/mol. The van der Waals surface area contributed by atoms with Crippen molar-refractivity contribution in [1.29, 1.82) is 0 Å². The number of hydrogen-bond acceptors (Lipinski definition) is 2. The largest absolute Gasteiger partial charge is 0.416 e. The molecular weight excluding hydrogens is 245 g/mol. The van der Waals surface area contributed by atoms with Crippen LogP contribution < -0.4 is 0 Å². The van der Waals surface area contributed by atoms with Gasteiger partial charge in [0.25, 0.3) is 0 Å². The molecule has 0 aliphatic heterocycles. The van der Waals surface area contributed by atoms with Crippen molar-refractivity contribution in [2.45, 2.75) is 38.1 Å². The molecule has 0 bridgehead atoms. The van der Waals surface area contributed by atoms with Gasteiger partial charge < -0.3 is 9.84 Å². The van der Waals surface area contributed by atoms with E-state index < -0.39 is 23.4 Å². The number of alkyl halides is 3. The number of benzene rings is 1. The highest BCUT2D eigenvalue weighted by atomic mass is 19.4. The molecular formula is C13H17F3O2. The highest BCUT2D eigenvalue weighted by Crippen LogP contribution is 2.39. The van der Waals surface area contributed by atoms with Crippen molar-refractivity contribution in [3.63, 3.8) is 0 Å². The van der Waals surface area contributed by atoms with Crippen molar-refractivity contribution in [2.75, 3.05) is 7.11 Å². The summed E-state index contributed by atoms with van der Waals surface area (Å²) in [5.41, 5.74) is -2.02. The standard InChI is InChI=1S/C13H17F3O2/c1-4-12(2,18-3)11(17)9-7-5-6-8-10(9)13(14,15)16/h5-8,11,17H,4H2,1-3H3. The summed E-state index contributed by atoms with van der Waals surface area (Å²) in [6.07, 6.45) is -5.41. The summed E-state index contributed by atoms with van der Waals surface area (Å²) in [7, 11) is 1.38. The third-order valence-corrected chi connectivity index (χ3v) is 3.31. The Hall–Kier alpha value is -1.07. The van der Waals surface area contributed by atoms with Crippen molar-refractivity contribution in [1.82, 2.24) is 0 Å². The van der Waals surface area contributed by atoms with Gasteiger partial charge in [0, 0.05) is 7.11 Å². The Labute approximate surface area is 104 Å². The van der Waals surface area contributed by atoms with Crippen LogP contribution in [0.2, 0.25) is 0 Å². The Morgan fingerprint density at radius 2 is 1.83 bits per heavy atom. The van der Waals surface area contributed by atoms with Crippen LogP contribution in [0.15, 0.2) is 24.3 Å². The lowest BCUT2D eigenvalue weighted by Crippen LogP contribution is -2.35. The van der Waals surface area contributed by atoms with Crippen LogP contribution in [0.3, 0.4) is 0 Å². The molecule has 18 heavy (non-hydrogen) atoms. The third-order valence-electron chi connectivity index (χ3n) is 3.31. The fourth-order valence-electron chi connectivity index (χ4n) is 1.77. The number of hydrogen-bond donors (Lipinski definition) is 1. The molecule has 0 fully saturated rings. The number of aliphatic hydroxyl groups excluding tert-OH is 1. The topological polar surface area (TPSA) is 29.5 Å². The first-order valence-corrected chi connectivity index (χ1v) is 5.65. The lowest BCUT2D eigenvalue weighted by molar-refractivity contribution is -0.143. The summed E-state index contributed by atoms with van der Waals surface area (Å²) in [6, 6.07) is 5.01. The summed E-state index contributed by atoms with van der Waals surface area (Å²) in [4.78, 5) is 0. The summed E-state index contributed by atoms with van der Waals surface area (Å²) < 4.78 is 43.7. The molecule has 2 atom stereocenters. The molecule has 1 rings (SSSR count). The first-order valence-electron chi connectivity index (χ1n) is 5.65. The molecule has 1 N–H and O–H groups in total. The van der Waals surface area contributed by atoms with E-state index >= 15 is 0 Å². The van der Waals surface area contributed by atoms with Crippen LogP contribution in [0.1, 0.15) is 37.5 Å². The van der Waals surface area contributed by atoms with E-state index in [-0.39, 0.29) is 5.56 Å². The minimum absolute atomic E-state index is 0.156. The van der Waals surface area contributed by atoms with Crippen LogP contribution in [-0.4, -0.2) is 17.8 Å². The molecule has 0 spiro atoms. The van der Waals surface area contributed by atoms with Gasteiger partial charge >= 0.3 is 6.18 Å². The van der Waals surface area contributed by atoms with Gasteiger partial charge in [-0.05, 0) is 25.0 Å². The predicted molar refractivity (Wildman–Crippen MR) is 62.1 cm³/mol. The van der Waals surface area contributed by atoms with Crippen molar-refractivity contribution >= 4 is 0 Å². The number of aliphatic hydroxyl groups is 1. The number of methoxy groups -OCH3 is 1. The summed E-state index contributed by atoms with van der Waals surface area (Å²) in [5.74, 6) is 0. The highest BCUT2D eigenvalue weighted by molar-refractivity contribution is 5.33. The van der Waals surface area contributed by atoms with E-state index in [9.17, 15) is 18.3 Å². The molecule has 0 aliphatic rings. The second kappa shape index (κ2) is 5.28. The average Bonchev–Trinajstić information content (AvgIpc) is 2.36. The van der Waals surface area contributed by atoms with E-state index in [2.05, 4.69) is 0 Å². The van der Waals surface area contributed by atoms with Gasteiger partial charge in [0.1, 0.15) is 6.10 Å². The fraction of sp³-hybridized carbons (Fsp3) is 0.538. The molecule has 2 unspecified atom stereocenters. The van der Waals surface area contributed by atoms with Crippen LogP contribution >= 0.6 is 0 Å². The highest BCUT2D eigenvalue weighted by Gasteiger charge is 2.40. The van der Waals surface area contributed by atoms with Crippen LogP contribution in [0.25, 0.3) is 0 Å². The van der Waals surface area contributed by atoms with Crippen molar-refractivity contribution in [3.8, 4) is 0 Å². The van der Waals surface area contributed by atoms with E-state index in [0.717, 1.165) is 6.07 Å². The molecule has 2 nitrogen and oxygen atoms in total. The van der Waals surface area contributed by atoms with E-state index in [1.54, 1.807) is 13.8 Å². The molecule has 0 saturated carbocycles. The zero-order valence-corrected chi connectivity index (χ0v) is 10.6. The third kappa shape index (κ3) is 2.84. The summed E-state index contributed by atoms with van der Waals surface area (Å²) >= 11 is 0. The van der Waals surface area contributed by atoms with E-state index in [0.29, 0.717) is 6.42 Å². The van der Waals surface area contributed by atoms with Gasteiger partial charge in [-0.3, -0.25) is 0 Å². The molecule has 0 aliphatic carbocycles. The number of ether oxygens (including phenoxy) is 1. The molecule has 1 aromatic carbocycles. The minimum atomic E-state index is -4.49. The maximum atomic E-state index is 12.9. The Morgan fingerprint density at radius 1 is 1.28 bits per heavy atom.